The lowest BCUT2D eigenvalue weighted by molar-refractivity contribution is 0.151. The first-order valence-corrected chi connectivity index (χ1v) is 7.20. The van der Waals surface area contributed by atoms with Crippen LogP contribution in [-0.2, 0) is 17.7 Å². The molecule has 0 fully saturated rings. The monoisotopic (exact) mass is 280 g/mol. The number of halogens is 1. The van der Waals surface area contributed by atoms with Gasteiger partial charge in [0.25, 0.3) is 0 Å². The fourth-order valence-electron chi connectivity index (χ4n) is 2.46. The first-order valence-electron chi connectivity index (χ1n) is 6.67. The summed E-state index contributed by atoms with van der Waals surface area (Å²) in [5.41, 5.74) is 3.50. The standard InChI is InChI=1S/C15H21ClN2O/c1-11(10-19-3)9-18-13-6-4-5-12(2)15(13)17-14(18)7-8-16/h4-6,11H,7-10H2,1-3H3. The van der Waals surface area contributed by atoms with Gasteiger partial charge in [0.1, 0.15) is 5.82 Å². The fraction of sp³-hybridized carbons (Fsp3) is 0.533. The van der Waals surface area contributed by atoms with E-state index in [4.69, 9.17) is 21.3 Å². The van der Waals surface area contributed by atoms with Crippen molar-refractivity contribution >= 4 is 22.6 Å². The van der Waals surface area contributed by atoms with Crippen LogP contribution in [0.5, 0.6) is 0 Å². The first kappa shape index (κ1) is 14.4. The Labute approximate surface area is 119 Å². The van der Waals surface area contributed by atoms with Crippen molar-refractivity contribution in [2.45, 2.75) is 26.8 Å². The Kier molecular flexibility index (Phi) is 4.83. The molecule has 19 heavy (non-hydrogen) atoms. The fourth-order valence-corrected chi connectivity index (χ4v) is 2.63. The lowest BCUT2D eigenvalue weighted by Gasteiger charge is -2.14. The molecule has 1 atom stereocenters. The Morgan fingerprint density at radius 3 is 2.89 bits per heavy atom. The van der Waals surface area contributed by atoms with Crippen LogP contribution in [0.15, 0.2) is 18.2 Å². The SMILES string of the molecule is COCC(C)Cn1c(CCCl)nc2c(C)cccc21. The molecule has 0 bridgehead atoms. The average Bonchev–Trinajstić information content (AvgIpc) is 2.71. The van der Waals surface area contributed by atoms with Crippen molar-refractivity contribution in [2.75, 3.05) is 19.6 Å². The molecule has 0 radical (unpaired) electrons. The molecular weight excluding hydrogens is 260 g/mol. The van der Waals surface area contributed by atoms with E-state index < -0.39 is 0 Å². The second kappa shape index (κ2) is 6.40. The Balaban J connectivity index is 2.43. The summed E-state index contributed by atoms with van der Waals surface area (Å²) in [6.45, 7) is 5.96. The number of rotatable bonds is 6. The molecule has 1 unspecified atom stereocenters. The molecule has 0 aliphatic heterocycles. The number of hydrogen-bond acceptors (Lipinski definition) is 2. The Hall–Kier alpha value is -1.06. The summed E-state index contributed by atoms with van der Waals surface area (Å²) in [7, 11) is 1.74. The molecular formula is C15H21ClN2O. The first-order chi connectivity index (χ1) is 9.17. The topological polar surface area (TPSA) is 27.1 Å². The van der Waals surface area contributed by atoms with E-state index in [2.05, 4.69) is 36.6 Å². The summed E-state index contributed by atoms with van der Waals surface area (Å²) >= 11 is 5.90. The zero-order valence-corrected chi connectivity index (χ0v) is 12.6. The second-order valence-electron chi connectivity index (χ2n) is 5.08. The van der Waals surface area contributed by atoms with Gasteiger partial charge in [-0.05, 0) is 24.5 Å². The molecule has 0 amide bonds. The summed E-state index contributed by atoms with van der Waals surface area (Å²) in [6, 6.07) is 6.32. The predicted molar refractivity (Wildman–Crippen MR) is 79.9 cm³/mol. The van der Waals surface area contributed by atoms with Crippen LogP contribution in [0.25, 0.3) is 11.0 Å². The van der Waals surface area contributed by atoms with Crippen LogP contribution >= 0.6 is 11.6 Å². The minimum atomic E-state index is 0.456. The van der Waals surface area contributed by atoms with Gasteiger partial charge in [0, 0.05) is 26.0 Å². The third-order valence-corrected chi connectivity index (χ3v) is 3.51. The van der Waals surface area contributed by atoms with Gasteiger partial charge < -0.3 is 9.30 Å². The summed E-state index contributed by atoms with van der Waals surface area (Å²) in [4.78, 5) is 4.75. The molecule has 0 saturated carbocycles. The maximum Gasteiger partial charge on any atom is 0.111 e. The van der Waals surface area contributed by atoms with Crippen LogP contribution in [0.3, 0.4) is 0 Å². The van der Waals surface area contributed by atoms with Crippen molar-refractivity contribution in [1.82, 2.24) is 9.55 Å². The van der Waals surface area contributed by atoms with Crippen molar-refractivity contribution in [1.29, 1.82) is 0 Å². The number of fused-ring (bicyclic) bond motifs is 1. The summed E-state index contributed by atoms with van der Waals surface area (Å²) in [5, 5.41) is 0. The number of nitrogens with zero attached hydrogens (tertiary/aromatic N) is 2. The van der Waals surface area contributed by atoms with Crippen LogP contribution in [0.1, 0.15) is 18.3 Å². The van der Waals surface area contributed by atoms with Crippen molar-refractivity contribution < 1.29 is 4.74 Å². The minimum Gasteiger partial charge on any atom is -0.384 e. The third kappa shape index (κ3) is 3.10. The Morgan fingerprint density at radius 1 is 1.42 bits per heavy atom. The molecule has 0 spiro atoms. The van der Waals surface area contributed by atoms with E-state index in [0.29, 0.717) is 11.8 Å². The van der Waals surface area contributed by atoms with Crippen molar-refractivity contribution in [3.05, 3.63) is 29.6 Å². The highest BCUT2D eigenvalue weighted by molar-refractivity contribution is 6.17. The number of imidazole rings is 1. The van der Waals surface area contributed by atoms with E-state index in [-0.39, 0.29) is 0 Å². The van der Waals surface area contributed by atoms with Gasteiger partial charge in [0.2, 0.25) is 0 Å². The molecule has 1 aromatic heterocycles. The smallest absolute Gasteiger partial charge is 0.111 e. The van der Waals surface area contributed by atoms with Crippen LogP contribution < -0.4 is 0 Å². The molecule has 4 heteroatoms. The van der Waals surface area contributed by atoms with Crippen molar-refractivity contribution in [3.8, 4) is 0 Å². The highest BCUT2D eigenvalue weighted by atomic mass is 35.5. The summed E-state index contributed by atoms with van der Waals surface area (Å²) < 4.78 is 7.51. The van der Waals surface area contributed by atoms with Gasteiger partial charge in [-0.1, -0.05) is 19.1 Å². The minimum absolute atomic E-state index is 0.456. The molecule has 3 nitrogen and oxygen atoms in total. The number of para-hydroxylation sites is 1. The lowest BCUT2D eigenvalue weighted by Crippen LogP contribution is -2.15. The number of methoxy groups -OCH3 is 1. The number of aromatic nitrogens is 2. The Bertz CT molecular complexity index is 550. The van der Waals surface area contributed by atoms with Gasteiger partial charge in [-0.2, -0.15) is 0 Å². The molecule has 1 aromatic carbocycles. The zero-order valence-electron chi connectivity index (χ0n) is 11.8. The van der Waals surface area contributed by atoms with Gasteiger partial charge in [-0.3, -0.25) is 0 Å². The van der Waals surface area contributed by atoms with Gasteiger partial charge in [-0.25, -0.2) is 4.98 Å². The molecule has 104 valence electrons. The predicted octanol–water partition coefficient (Wildman–Crippen LogP) is 3.41. The molecule has 0 aliphatic rings. The van der Waals surface area contributed by atoms with Crippen molar-refractivity contribution in [2.24, 2.45) is 5.92 Å². The summed E-state index contributed by atoms with van der Waals surface area (Å²) in [6.07, 6.45) is 0.801. The van der Waals surface area contributed by atoms with E-state index in [0.717, 1.165) is 30.9 Å². The summed E-state index contributed by atoms with van der Waals surface area (Å²) in [5.74, 6) is 2.13. The van der Waals surface area contributed by atoms with Crippen LogP contribution in [0.4, 0.5) is 0 Å². The highest BCUT2D eigenvalue weighted by Crippen LogP contribution is 2.21. The molecule has 0 N–H and O–H groups in total. The van der Waals surface area contributed by atoms with E-state index in [1.807, 2.05) is 0 Å². The second-order valence-corrected chi connectivity index (χ2v) is 5.46. The highest BCUT2D eigenvalue weighted by Gasteiger charge is 2.14. The number of ether oxygens (including phenoxy) is 1. The van der Waals surface area contributed by atoms with E-state index in [1.54, 1.807) is 7.11 Å². The molecule has 1 heterocycles. The van der Waals surface area contributed by atoms with E-state index >= 15 is 0 Å². The number of benzene rings is 1. The van der Waals surface area contributed by atoms with Crippen LogP contribution in [0.2, 0.25) is 0 Å². The van der Waals surface area contributed by atoms with Crippen LogP contribution in [0, 0.1) is 12.8 Å². The lowest BCUT2D eigenvalue weighted by atomic mass is 10.2. The number of alkyl halides is 1. The van der Waals surface area contributed by atoms with E-state index in [1.165, 1.54) is 11.1 Å². The maximum atomic E-state index is 5.90. The van der Waals surface area contributed by atoms with E-state index in [9.17, 15) is 0 Å². The van der Waals surface area contributed by atoms with Gasteiger partial charge in [0.05, 0.1) is 17.6 Å². The molecule has 0 aliphatic carbocycles. The third-order valence-electron chi connectivity index (χ3n) is 3.32. The van der Waals surface area contributed by atoms with Crippen molar-refractivity contribution in [3.63, 3.8) is 0 Å². The molecule has 2 aromatic rings. The number of aryl methyl sites for hydroxylation is 2. The zero-order chi connectivity index (χ0) is 13.8. The largest absolute Gasteiger partial charge is 0.384 e. The van der Waals surface area contributed by atoms with Gasteiger partial charge >= 0.3 is 0 Å². The quantitative estimate of drug-likeness (QED) is 0.758. The number of hydrogen-bond donors (Lipinski definition) is 0. The van der Waals surface area contributed by atoms with Crippen LogP contribution in [-0.4, -0.2) is 29.1 Å². The maximum absolute atomic E-state index is 5.90. The average molecular weight is 281 g/mol. The van der Waals surface area contributed by atoms with Gasteiger partial charge in [-0.15, -0.1) is 11.6 Å². The molecule has 0 saturated heterocycles. The molecule has 2 rings (SSSR count). The normalized spacial score (nSPS) is 13.1. The van der Waals surface area contributed by atoms with Gasteiger partial charge in [0.15, 0.2) is 0 Å². The Morgan fingerprint density at radius 2 is 2.21 bits per heavy atom.